The molecule has 1 rings (SSSR count). The van der Waals surface area contributed by atoms with Gasteiger partial charge >= 0.3 is 0 Å². The van der Waals surface area contributed by atoms with E-state index in [0.29, 0.717) is 6.42 Å². The van der Waals surface area contributed by atoms with Crippen LogP contribution < -0.4 is 0 Å². The summed E-state index contributed by atoms with van der Waals surface area (Å²) in [6.07, 6.45) is 4.38. The topological polar surface area (TPSA) is 23.8 Å². The second-order valence-corrected chi connectivity index (χ2v) is 3.05. The lowest BCUT2D eigenvalue weighted by Gasteiger charge is -2.02. The summed E-state index contributed by atoms with van der Waals surface area (Å²) in [7, 11) is 0. The minimum atomic E-state index is 0.480. The van der Waals surface area contributed by atoms with Crippen LogP contribution >= 0.6 is 0 Å². The first kappa shape index (κ1) is 9.54. The molecule has 0 aliphatic carbocycles. The standard InChI is InChI=1S/C12H13N/c1-10-6-5-8-12(11(10)2)7-3-4-9-13/h3,5-8H,4H2,1-2H3. The Balaban J connectivity index is 2.90. The third kappa shape index (κ3) is 2.45. The lowest BCUT2D eigenvalue weighted by Crippen LogP contribution is -1.84. The number of nitrogens with zero attached hydrogens (tertiary/aromatic N) is 1. The third-order valence-electron chi connectivity index (χ3n) is 2.15. The van der Waals surface area contributed by atoms with Crippen LogP contribution in [0, 0.1) is 25.2 Å². The molecule has 66 valence electrons. The van der Waals surface area contributed by atoms with E-state index in [1.165, 1.54) is 16.7 Å². The number of aryl methyl sites for hydroxylation is 1. The molecule has 0 heterocycles. The van der Waals surface area contributed by atoms with Gasteiger partial charge in [-0.1, -0.05) is 30.4 Å². The zero-order valence-electron chi connectivity index (χ0n) is 8.04. The van der Waals surface area contributed by atoms with Crippen LogP contribution in [0.2, 0.25) is 0 Å². The molecule has 0 bridgehead atoms. The van der Waals surface area contributed by atoms with Crippen LogP contribution in [0.5, 0.6) is 0 Å². The Bertz CT molecular complexity index is 356. The highest BCUT2D eigenvalue weighted by atomic mass is 14.2. The van der Waals surface area contributed by atoms with Crippen LogP contribution in [-0.4, -0.2) is 0 Å². The number of rotatable bonds is 2. The lowest BCUT2D eigenvalue weighted by molar-refractivity contribution is 1.32. The maximum atomic E-state index is 8.37. The molecule has 13 heavy (non-hydrogen) atoms. The molecule has 0 aliphatic heterocycles. The largest absolute Gasteiger partial charge is 0.198 e. The maximum absolute atomic E-state index is 8.37. The lowest BCUT2D eigenvalue weighted by atomic mass is 10.0. The van der Waals surface area contributed by atoms with Crippen LogP contribution in [0.3, 0.4) is 0 Å². The SMILES string of the molecule is Cc1cccc(C=CCC#N)c1C. The average molecular weight is 171 g/mol. The first-order chi connectivity index (χ1) is 6.25. The fourth-order valence-corrected chi connectivity index (χ4v) is 1.19. The van der Waals surface area contributed by atoms with Crippen molar-refractivity contribution in [2.24, 2.45) is 0 Å². The first-order valence-corrected chi connectivity index (χ1v) is 4.35. The van der Waals surface area contributed by atoms with Crippen LogP contribution in [0.1, 0.15) is 23.1 Å². The molecule has 0 atom stereocenters. The van der Waals surface area contributed by atoms with Gasteiger partial charge in [0.15, 0.2) is 0 Å². The molecule has 1 aromatic carbocycles. The predicted molar refractivity (Wildman–Crippen MR) is 55.2 cm³/mol. The first-order valence-electron chi connectivity index (χ1n) is 4.35. The normalized spacial score (nSPS) is 10.2. The molecule has 1 aromatic rings. The van der Waals surface area contributed by atoms with Crippen LogP contribution in [0.25, 0.3) is 6.08 Å². The maximum Gasteiger partial charge on any atom is 0.0663 e. The van der Waals surface area contributed by atoms with E-state index >= 15 is 0 Å². The Hall–Kier alpha value is -1.55. The molecule has 1 nitrogen and oxygen atoms in total. The number of allylic oxidation sites excluding steroid dienone is 1. The van der Waals surface area contributed by atoms with E-state index in [9.17, 15) is 0 Å². The second-order valence-electron chi connectivity index (χ2n) is 3.05. The van der Waals surface area contributed by atoms with Crippen molar-refractivity contribution in [1.29, 1.82) is 5.26 Å². The molecule has 0 fully saturated rings. The number of hydrogen-bond donors (Lipinski definition) is 0. The van der Waals surface area contributed by atoms with Crippen LogP contribution in [0.15, 0.2) is 24.3 Å². The highest BCUT2D eigenvalue weighted by Crippen LogP contribution is 2.14. The number of hydrogen-bond acceptors (Lipinski definition) is 1. The van der Waals surface area contributed by atoms with Crippen LogP contribution in [-0.2, 0) is 0 Å². The Morgan fingerprint density at radius 3 is 2.85 bits per heavy atom. The monoisotopic (exact) mass is 171 g/mol. The van der Waals surface area contributed by atoms with Gasteiger partial charge in [-0.15, -0.1) is 0 Å². The fraction of sp³-hybridized carbons (Fsp3) is 0.250. The van der Waals surface area contributed by atoms with E-state index in [2.05, 4.69) is 32.0 Å². The summed E-state index contributed by atoms with van der Waals surface area (Å²) < 4.78 is 0. The van der Waals surface area contributed by atoms with Crippen molar-refractivity contribution in [2.45, 2.75) is 20.3 Å². The van der Waals surface area contributed by atoms with Crippen molar-refractivity contribution in [1.82, 2.24) is 0 Å². The molecule has 0 radical (unpaired) electrons. The van der Waals surface area contributed by atoms with Gasteiger partial charge in [-0.05, 0) is 30.5 Å². The molecule has 0 spiro atoms. The van der Waals surface area contributed by atoms with Gasteiger partial charge in [0, 0.05) is 0 Å². The van der Waals surface area contributed by atoms with Crippen LogP contribution in [0.4, 0.5) is 0 Å². The van der Waals surface area contributed by atoms with Gasteiger partial charge in [-0.2, -0.15) is 5.26 Å². The van der Waals surface area contributed by atoms with E-state index < -0.39 is 0 Å². The van der Waals surface area contributed by atoms with Crippen molar-refractivity contribution in [3.05, 3.63) is 41.0 Å². The molecule has 0 unspecified atom stereocenters. The molecular weight excluding hydrogens is 158 g/mol. The molecule has 0 saturated heterocycles. The van der Waals surface area contributed by atoms with E-state index in [1.54, 1.807) is 0 Å². The smallest absolute Gasteiger partial charge is 0.0663 e. The Kier molecular flexibility index (Phi) is 3.28. The van der Waals surface area contributed by atoms with Gasteiger partial charge in [0.1, 0.15) is 0 Å². The zero-order valence-corrected chi connectivity index (χ0v) is 8.04. The Labute approximate surface area is 79.3 Å². The summed E-state index contributed by atoms with van der Waals surface area (Å²) in [6, 6.07) is 8.28. The summed E-state index contributed by atoms with van der Waals surface area (Å²) in [5, 5.41) is 8.37. The van der Waals surface area contributed by atoms with Crippen molar-refractivity contribution < 1.29 is 0 Å². The van der Waals surface area contributed by atoms with Gasteiger partial charge in [-0.25, -0.2) is 0 Å². The molecule has 0 amide bonds. The minimum absolute atomic E-state index is 0.480. The van der Waals surface area contributed by atoms with Crippen molar-refractivity contribution in [3.63, 3.8) is 0 Å². The molecule has 0 aliphatic rings. The van der Waals surface area contributed by atoms with Crippen molar-refractivity contribution in [2.75, 3.05) is 0 Å². The van der Waals surface area contributed by atoms with Gasteiger partial charge < -0.3 is 0 Å². The summed E-state index contributed by atoms with van der Waals surface area (Å²) in [5.74, 6) is 0. The van der Waals surface area contributed by atoms with Gasteiger partial charge in [0.05, 0.1) is 12.5 Å². The molecule has 0 N–H and O–H groups in total. The fourth-order valence-electron chi connectivity index (χ4n) is 1.19. The van der Waals surface area contributed by atoms with Crippen molar-refractivity contribution >= 4 is 6.08 Å². The summed E-state index contributed by atoms with van der Waals surface area (Å²) in [6.45, 7) is 4.19. The Morgan fingerprint density at radius 1 is 1.38 bits per heavy atom. The van der Waals surface area contributed by atoms with E-state index in [4.69, 9.17) is 5.26 Å². The highest BCUT2D eigenvalue weighted by Gasteiger charge is 1.95. The highest BCUT2D eigenvalue weighted by molar-refractivity contribution is 5.55. The average Bonchev–Trinajstić information content (AvgIpc) is 2.13. The van der Waals surface area contributed by atoms with Gasteiger partial charge in [0.2, 0.25) is 0 Å². The summed E-state index contributed by atoms with van der Waals surface area (Å²) in [4.78, 5) is 0. The van der Waals surface area contributed by atoms with E-state index in [-0.39, 0.29) is 0 Å². The third-order valence-corrected chi connectivity index (χ3v) is 2.15. The minimum Gasteiger partial charge on any atom is -0.198 e. The van der Waals surface area contributed by atoms with Gasteiger partial charge in [0.25, 0.3) is 0 Å². The van der Waals surface area contributed by atoms with Gasteiger partial charge in [-0.3, -0.25) is 0 Å². The molecular formula is C12H13N. The summed E-state index contributed by atoms with van der Waals surface area (Å²) in [5.41, 5.74) is 3.78. The Morgan fingerprint density at radius 2 is 2.15 bits per heavy atom. The quantitative estimate of drug-likeness (QED) is 0.670. The zero-order chi connectivity index (χ0) is 9.68. The number of nitriles is 1. The molecule has 1 heteroatoms. The van der Waals surface area contributed by atoms with Crippen molar-refractivity contribution in [3.8, 4) is 6.07 Å². The summed E-state index contributed by atoms with van der Waals surface area (Å²) >= 11 is 0. The van der Waals surface area contributed by atoms with E-state index in [0.717, 1.165) is 0 Å². The number of benzene rings is 1. The molecule has 0 aromatic heterocycles. The predicted octanol–water partition coefficient (Wildman–Crippen LogP) is 3.23. The van der Waals surface area contributed by atoms with E-state index in [1.807, 2.05) is 18.2 Å². The molecule has 0 saturated carbocycles. The second kappa shape index (κ2) is 4.47.